The number of nitrogens with one attached hydrogen (secondary N) is 1. The molecule has 1 atom stereocenters. The van der Waals surface area contributed by atoms with Crippen LogP contribution in [0.1, 0.15) is 25.5 Å². The van der Waals surface area contributed by atoms with E-state index in [0.717, 1.165) is 0 Å². The minimum atomic E-state index is -0.282. The van der Waals surface area contributed by atoms with Crippen molar-refractivity contribution >= 4 is 0 Å². The van der Waals surface area contributed by atoms with Gasteiger partial charge in [0.25, 0.3) is 0 Å². The van der Waals surface area contributed by atoms with Gasteiger partial charge in [-0.1, -0.05) is 13.8 Å². The second-order valence-corrected chi connectivity index (χ2v) is 4.24. The van der Waals surface area contributed by atoms with Crippen molar-refractivity contribution in [2.75, 3.05) is 21.3 Å². The number of ether oxygens (including phenoxy) is 2. The maximum Gasteiger partial charge on any atom is 0.163 e. The summed E-state index contributed by atoms with van der Waals surface area (Å²) in [4.78, 5) is 0. The van der Waals surface area contributed by atoms with E-state index in [1.807, 2.05) is 20.9 Å². The third kappa shape index (κ3) is 2.88. The maximum atomic E-state index is 14.0. The minimum absolute atomic E-state index is 0.0465. The van der Waals surface area contributed by atoms with Crippen molar-refractivity contribution in [3.05, 3.63) is 23.5 Å². The summed E-state index contributed by atoms with van der Waals surface area (Å²) in [5, 5.41) is 3.11. The van der Waals surface area contributed by atoms with E-state index < -0.39 is 0 Å². The summed E-state index contributed by atoms with van der Waals surface area (Å²) in [6.07, 6.45) is 0. The molecule has 0 radical (unpaired) electrons. The van der Waals surface area contributed by atoms with Gasteiger partial charge >= 0.3 is 0 Å². The zero-order valence-electron chi connectivity index (χ0n) is 11.0. The first kappa shape index (κ1) is 13.8. The lowest BCUT2D eigenvalue weighted by molar-refractivity contribution is 0.347. The van der Waals surface area contributed by atoms with E-state index in [1.54, 1.807) is 13.2 Å². The number of hydrogen-bond donors (Lipinski definition) is 1. The van der Waals surface area contributed by atoms with Crippen LogP contribution in [0.4, 0.5) is 4.39 Å². The molecule has 96 valence electrons. The highest BCUT2D eigenvalue weighted by Gasteiger charge is 2.20. The smallest absolute Gasteiger partial charge is 0.163 e. The lowest BCUT2D eigenvalue weighted by Gasteiger charge is -2.22. The van der Waals surface area contributed by atoms with Crippen LogP contribution in [-0.2, 0) is 0 Å². The SMILES string of the molecule is CNC(c1cc(OC)c(OC)cc1F)C(C)C. The van der Waals surface area contributed by atoms with E-state index in [0.29, 0.717) is 17.1 Å². The fourth-order valence-corrected chi connectivity index (χ4v) is 1.96. The van der Waals surface area contributed by atoms with Gasteiger partial charge in [0, 0.05) is 17.7 Å². The molecule has 0 fully saturated rings. The van der Waals surface area contributed by atoms with Crippen molar-refractivity contribution in [3.8, 4) is 11.5 Å². The summed E-state index contributed by atoms with van der Waals surface area (Å²) in [5.74, 6) is 0.959. The van der Waals surface area contributed by atoms with Crippen molar-refractivity contribution < 1.29 is 13.9 Å². The minimum Gasteiger partial charge on any atom is -0.493 e. The summed E-state index contributed by atoms with van der Waals surface area (Å²) >= 11 is 0. The molecular formula is C13H20FNO2. The molecule has 4 heteroatoms. The Labute approximate surface area is 102 Å². The van der Waals surface area contributed by atoms with Gasteiger partial charge in [-0.05, 0) is 19.0 Å². The summed E-state index contributed by atoms with van der Waals surface area (Å²) in [6, 6.07) is 3.01. The Morgan fingerprint density at radius 1 is 1.12 bits per heavy atom. The molecule has 0 saturated carbocycles. The lowest BCUT2D eigenvalue weighted by Crippen LogP contribution is -2.23. The Kier molecular flexibility index (Phi) is 4.75. The van der Waals surface area contributed by atoms with Crippen LogP contribution in [0.5, 0.6) is 11.5 Å². The van der Waals surface area contributed by atoms with E-state index in [1.165, 1.54) is 13.2 Å². The summed E-state index contributed by atoms with van der Waals surface area (Å²) in [5.41, 5.74) is 0.597. The molecule has 1 unspecified atom stereocenters. The zero-order chi connectivity index (χ0) is 13.0. The van der Waals surface area contributed by atoms with Crippen LogP contribution in [0.3, 0.4) is 0 Å². The van der Waals surface area contributed by atoms with Gasteiger partial charge in [0.05, 0.1) is 14.2 Å². The van der Waals surface area contributed by atoms with Crippen LogP contribution >= 0.6 is 0 Å². The Morgan fingerprint density at radius 3 is 2.06 bits per heavy atom. The van der Waals surface area contributed by atoms with Crippen LogP contribution in [0.15, 0.2) is 12.1 Å². The first-order valence-corrected chi connectivity index (χ1v) is 5.63. The molecule has 3 nitrogen and oxygen atoms in total. The summed E-state index contributed by atoms with van der Waals surface area (Å²) in [7, 11) is 4.86. The van der Waals surface area contributed by atoms with E-state index in [9.17, 15) is 4.39 Å². The van der Waals surface area contributed by atoms with E-state index in [2.05, 4.69) is 5.32 Å². The van der Waals surface area contributed by atoms with E-state index in [4.69, 9.17) is 9.47 Å². The predicted molar refractivity (Wildman–Crippen MR) is 66.1 cm³/mol. The quantitative estimate of drug-likeness (QED) is 0.859. The molecule has 0 aliphatic carbocycles. The molecule has 0 heterocycles. The fourth-order valence-electron chi connectivity index (χ4n) is 1.96. The number of rotatable bonds is 5. The molecule has 0 bridgehead atoms. The van der Waals surface area contributed by atoms with Crippen molar-refractivity contribution in [2.45, 2.75) is 19.9 Å². The van der Waals surface area contributed by atoms with Crippen molar-refractivity contribution in [1.29, 1.82) is 0 Å². The first-order valence-electron chi connectivity index (χ1n) is 5.63. The van der Waals surface area contributed by atoms with Crippen LogP contribution in [0, 0.1) is 11.7 Å². The van der Waals surface area contributed by atoms with Crippen LogP contribution in [0.25, 0.3) is 0 Å². The van der Waals surface area contributed by atoms with Gasteiger partial charge in [-0.3, -0.25) is 0 Å². The van der Waals surface area contributed by atoms with Gasteiger partial charge in [-0.25, -0.2) is 4.39 Å². The third-order valence-electron chi connectivity index (χ3n) is 2.82. The van der Waals surface area contributed by atoms with Gasteiger partial charge in [0.15, 0.2) is 11.5 Å². The van der Waals surface area contributed by atoms with Crippen molar-refractivity contribution in [2.24, 2.45) is 5.92 Å². The third-order valence-corrected chi connectivity index (χ3v) is 2.82. The molecule has 1 aromatic rings. The molecule has 1 aromatic carbocycles. The Hall–Kier alpha value is -1.29. The molecule has 17 heavy (non-hydrogen) atoms. The number of methoxy groups -OCH3 is 2. The highest BCUT2D eigenvalue weighted by Crippen LogP contribution is 2.34. The first-order chi connectivity index (χ1) is 8.04. The van der Waals surface area contributed by atoms with Gasteiger partial charge in [0.1, 0.15) is 5.82 Å². The molecule has 0 spiro atoms. The highest BCUT2D eigenvalue weighted by molar-refractivity contribution is 5.44. The lowest BCUT2D eigenvalue weighted by atomic mass is 9.95. The molecule has 1 N–H and O–H groups in total. The van der Waals surface area contributed by atoms with Gasteiger partial charge in [-0.15, -0.1) is 0 Å². The average Bonchev–Trinajstić information content (AvgIpc) is 2.31. The van der Waals surface area contributed by atoms with Crippen LogP contribution < -0.4 is 14.8 Å². The molecular weight excluding hydrogens is 221 g/mol. The fraction of sp³-hybridized carbons (Fsp3) is 0.538. The second kappa shape index (κ2) is 5.87. The molecule has 0 aliphatic heterocycles. The van der Waals surface area contributed by atoms with Gasteiger partial charge in [-0.2, -0.15) is 0 Å². The molecule has 0 aliphatic rings. The van der Waals surface area contributed by atoms with Gasteiger partial charge in [0.2, 0.25) is 0 Å². The Balaban J connectivity index is 3.24. The van der Waals surface area contributed by atoms with Crippen LogP contribution in [-0.4, -0.2) is 21.3 Å². The van der Waals surface area contributed by atoms with E-state index >= 15 is 0 Å². The van der Waals surface area contributed by atoms with Crippen LogP contribution in [0.2, 0.25) is 0 Å². The Bertz CT molecular complexity index is 380. The Morgan fingerprint density at radius 2 is 1.65 bits per heavy atom. The predicted octanol–water partition coefficient (Wildman–Crippen LogP) is 2.76. The largest absolute Gasteiger partial charge is 0.493 e. The normalized spacial score (nSPS) is 12.6. The highest BCUT2D eigenvalue weighted by atomic mass is 19.1. The molecule has 0 amide bonds. The average molecular weight is 241 g/mol. The standard InChI is InChI=1S/C13H20FNO2/c1-8(2)13(15-3)9-6-11(16-4)12(17-5)7-10(9)14/h6-8,13,15H,1-5H3. The van der Waals surface area contributed by atoms with Crippen molar-refractivity contribution in [3.63, 3.8) is 0 Å². The van der Waals surface area contributed by atoms with E-state index in [-0.39, 0.29) is 17.8 Å². The zero-order valence-corrected chi connectivity index (χ0v) is 11.0. The monoisotopic (exact) mass is 241 g/mol. The maximum absolute atomic E-state index is 14.0. The van der Waals surface area contributed by atoms with Crippen molar-refractivity contribution in [1.82, 2.24) is 5.32 Å². The molecule has 0 saturated heterocycles. The number of hydrogen-bond acceptors (Lipinski definition) is 3. The topological polar surface area (TPSA) is 30.5 Å². The number of benzene rings is 1. The summed E-state index contributed by atoms with van der Waals surface area (Å²) in [6.45, 7) is 4.08. The summed E-state index contributed by atoms with van der Waals surface area (Å²) < 4.78 is 24.2. The van der Waals surface area contributed by atoms with Gasteiger partial charge < -0.3 is 14.8 Å². The second-order valence-electron chi connectivity index (χ2n) is 4.24. The number of halogens is 1. The molecule has 0 aromatic heterocycles. The molecule has 1 rings (SSSR count).